The number of H-pyrrole nitrogens is 1. The Morgan fingerprint density at radius 3 is 2.64 bits per heavy atom. The fourth-order valence-corrected chi connectivity index (χ4v) is 3.62. The molecule has 2 heterocycles. The summed E-state index contributed by atoms with van der Waals surface area (Å²) < 4.78 is 1.21. The van der Waals surface area contributed by atoms with E-state index < -0.39 is 11.2 Å². The van der Waals surface area contributed by atoms with Gasteiger partial charge in [0.25, 0.3) is 5.56 Å². The molecule has 3 N–H and O–H groups in total. The van der Waals surface area contributed by atoms with Crippen LogP contribution in [-0.2, 0) is 13.1 Å². The van der Waals surface area contributed by atoms with Crippen LogP contribution in [0, 0.1) is 0 Å². The van der Waals surface area contributed by atoms with Crippen molar-refractivity contribution in [2.24, 2.45) is 4.99 Å². The summed E-state index contributed by atoms with van der Waals surface area (Å²) in [5.74, 6) is -0.293. The number of nitrogens with zero attached hydrogens (tertiary/aromatic N) is 2. The van der Waals surface area contributed by atoms with Crippen molar-refractivity contribution in [1.29, 1.82) is 0 Å². The molecule has 0 spiro atoms. The second kappa shape index (κ2) is 9.50. The molecule has 7 heteroatoms. The summed E-state index contributed by atoms with van der Waals surface area (Å²) in [5.41, 5.74) is 0.233. The van der Waals surface area contributed by atoms with Crippen molar-refractivity contribution in [3.05, 3.63) is 62.3 Å². The van der Waals surface area contributed by atoms with Gasteiger partial charge in [-0.25, -0.2) is 4.79 Å². The van der Waals surface area contributed by atoms with Crippen LogP contribution in [0.4, 0.5) is 0 Å². The summed E-state index contributed by atoms with van der Waals surface area (Å²) in [6, 6.07) is 10.6. The minimum atomic E-state index is -0.592. The van der Waals surface area contributed by atoms with Crippen molar-refractivity contribution in [3.63, 3.8) is 0 Å². The molecule has 1 aliphatic rings. The Labute approximate surface area is 164 Å². The smallest absolute Gasteiger partial charge is 0.331 e. The van der Waals surface area contributed by atoms with Gasteiger partial charge in [-0.05, 0) is 6.42 Å². The van der Waals surface area contributed by atoms with Gasteiger partial charge in [-0.3, -0.25) is 19.3 Å². The van der Waals surface area contributed by atoms with E-state index in [2.05, 4.69) is 34.2 Å². The molecule has 0 radical (unpaired) electrons. The van der Waals surface area contributed by atoms with E-state index >= 15 is 0 Å². The summed E-state index contributed by atoms with van der Waals surface area (Å²) in [7, 11) is 0. The van der Waals surface area contributed by atoms with Crippen molar-refractivity contribution in [3.8, 4) is 5.88 Å². The molecule has 0 amide bonds. The van der Waals surface area contributed by atoms with E-state index in [-0.39, 0.29) is 17.5 Å². The van der Waals surface area contributed by atoms with Crippen molar-refractivity contribution >= 4 is 6.21 Å². The molecule has 0 saturated carbocycles. The van der Waals surface area contributed by atoms with Gasteiger partial charge < -0.3 is 10.0 Å². The molecular formula is C21H29N4O3+. The maximum absolute atomic E-state index is 12.1. The fourth-order valence-electron chi connectivity index (χ4n) is 3.62. The Balaban J connectivity index is 1.63. The third kappa shape index (κ3) is 4.98. The Hall–Kier alpha value is -2.67. The highest BCUT2D eigenvalue weighted by Gasteiger charge is 2.22. The average Bonchev–Trinajstić information content (AvgIpc) is 2.69. The highest BCUT2D eigenvalue weighted by Crippen LogP contribution is 2.11. The van der Waals surface area contributed by atoms with Crippen LogP contribution in [0.2, 0.25) is 0 Å². The van der Waals surface area contributed by atoms with Gasteiger partial charge in [0.05, 0.1) is 19.1 Å². The van der Waals surface area contributed by atoms with Crippen molar-refractivity contribution in [2.75, 3.05) is 13.1 Å². The number of aromatic nitrogens is 2. The average molecular weight is 385 g/mol. The zero-order chi connectivity index (χ0) is 19.9. The molecule has 0 aliphatic carbocycles. The second-order valence-electron chi connectivity index (χ2n) is 7.42. The number of aromatic amines is 1. The van der Waals surface area contributed by atoms with Crippen LogP contribution in [0.3, 0.4) is 0 Å². The summed E-state index contributed by atoms with van der Waals surface area (Å²) >= 11 is 0. The standard InChI is InChI=1S/C21H28N4O3/c1-2-3-11-25-20(27)18(19(26)23-21(25)28)14-22-17-9-12-24(13-10-17)15-16-7-5-4-6-8-16/h4-8,14,17,27H,2-3,9-13,15H2,1H3,(H,23,26,28)/p+1. The largest absolute Gasteiger partial charge is 0.494 e. The van der Waals surface area contributed by atoms with E-state index in [9.17, 15) is 14.7 Å². The third-order valence-electron chi connectivity index (χ3n) is 5.32. The van der Waals surface area contributed by atoms with Crippen molar-refractivity contribution in [2.45, 2.75) is 51.7 Å². The highest BCUT2D eigenvalue weighted by molar-refractivity contribution is 5.82. The normalized spacial score (nSPS) is 19.9. The van der Waals surface area contributed by atoms with Gasteiger partial charge in [-0.1, -0.05) is 43.7 Å². The van der Waals surface area contributed by atoms with Gasteiger partial charge in [0, 0.05) is 31.2 Å². The highest BCUT2D eigenvalue weighted by atomic mass is 16.3. The number of piperidine rings is 1. The lowest BCUT2D eigenvalue weighted by Crippen LogP contribution is -3.12. The number of rotatable bonds is 7. The molecule has 28 heavy (non-hydrogen) atoms. The SMILES string of the molecule is CCCCn1c(O)c(C=NC2CC[NH+](Cc3ccccc3)CC2)c(=O)[nH]c1=O. The molecule has 3 rings (SSSR count). The van der Waals surface area contributed by atoms with Crippen LogP contribution in [0.15, 0.2) is 44.9 Å². The number of nitrogens with one attached hydrogen (secondary N) is 2. The molecule has 0 bridgehead atoms. The predicted molar refractivity (Wildman–Crippen MR) is 109 cm³/mol. The number of aromatic hydroxyl groups is 1. The molecule has 1 fully saturated rings. The van der Waals surface area contributed by atoms with Gasteiger partial charge >= 0.3 is 5.69 Å². The third-order valence-corrected chi connectivity index (χ3v) is 5.32. The van der Waals surface area contributed by atoms with Gasteiger partial charge in [0.1, 0.15) is 12.1 Å². The van der Waals surface area contributed by atoms with E-state index in [1.54, 1.807) is 0 Å². The molecule has 1 saturated heterocycles. The predicted octanol–water partition coefficient (Wildman–Crippen LogP) is 0.709. The first kappa shape index (κ1) is 20.1. The van der Waals surface area contributed by atoms with Gasteiger partial charge in [0.15, 0.2) is 0 Å². The Morgan fingerprint density at radius 1 is 1.25 bits per heavy atom. The number of hydrogen-bond donors (Lipinski definition) is 3. The molecule has 0 atom stereocenters. The van der Waals surface area contributed by atoms with Gasteiger partial charge in [-0.15, -0.1) is 0 Å². The Bertz CT molecular complexity index is 909. The van der Waals surface area contributed by atoms with Crippen LogP contribution < -0.4 is 16.1 Å². The molecular weight excluding hydrogens is 356 g/mol. The molecule has 1 aromatic heterocycles. The minimum Gasteiger partial charge on any atom is -0.494 e. The van der Waals surface area contributed by atoms with Crippen molar-refractivity contribution in [1.82, 2.24) is 9.55 Å². The quantitative estimate of drug-likeness (QED) is 0.613. The first-order valence-electron chi connectivity index (χ1n) is 10.0. The summed E-state index contributed by atoms with van der Waals surface area (Å²) in [4.78, 5) is 32.3. The minimum absolute atomic E-state index is 0.0646. The molecule has 1 aliphatic heterocycles. The molecule has 7 nitrogen and oxygen atoms in total. The Kier molecular flexibility index (Phi) is 6.81. The second-order valence-corrected chi connectivity index (χ2v) is 7.42. The number of quaternary nitrogens is 1. The van der Waals surface area contributed by atoms with E-state index in [1.807, 2.05) is 13.0 Å². The number of likely N-dealkylation sites (tertiary alicyclic amines) is 1. The van der Waals surface area contributed by atoms with Crippen molar-refractivity contribution < 1.29 is 10.0 Å². The lowest BCUT2D eigenvalue weighted by Gasteiger charge is -2.27. The lowest BCUT2D eigenvalue weighted by molar-refractivity contribution is -0.918. The van der Waals surface area contributed by atoms with Crippen LogP contribution >= 0.6 is 0 Å². The van der Waals surface area contributed by atoms with Crippen LogP contribution in [-0.4, -0.2) is 40.0 Å². The topological polar surface area (TPSA) is 91.9 Å². The Morgan fingerprint density at radius 2 is 1.96 bits per heavy atom. The summed E-state index contributed by atoms with van der Waals surface area (Å²) in [6.45, 7) is 5.44. The van der Waals surface area contributed by atoms with Gasteiger partial charge in [-0.2, -0.15) is 0 Å². The van der Waals surface area contributed by atoms with Crippen LogP contribution in [0.1, 0.15) is 43.7 Å². The number of unbranched alkanes of at least 4 members (excludes halogenated alkanes) is 1. The van der Waals surface area contributed by atoms with E-state index in [0.29, 0.717) is 6.54 Å². The first-order valence-corrected chi connectivity index (χ1v) is 10.0. The molecule has 150 valence electrons. The van der Waals surface area contributed by atoms with Gasteiger partial charge in [0.2, 0.25) is 5.88 Å². The number of hydrogen-bond acceptors (Lipinski definition) is 4. The maximum Gasteiger partial charge on any atom is 0.331 e. The first-order chi connectivity index (χ1) is 13.6. The number of benzene rings is 1. The summed E-state index contributed by atoms with van der Waals surface area (Å²) in [5, 5.41) is 10.4. The fraction of sp³-hybridized carbons (Fsp3) is 0.476. The van der Waals surface area contributed by atoms with E-state index in [0.717, 1.165) is 45.3 Å². The lowest BCUT2D eigenvalue weighted by atomic mass is 10.0. The maximum atomic E-state index is 12.1. The van der Waals surface area contributed by atoms with E-state index in [1.165, 1.54) is 21.2 Å². The molecule has 1 aromatic carbocycles. The van der Waals surface area contributed by atoms with E-state index in [4.69, 9.17) is 0 Å². The zero-order valence-electron chi connectivity index (χ0n) is 16.4. The summed E-state index contributed by atoms with van der Waals surface area (Å²) in [6.07, 6.45) is 4.94. The number of aliphatic imine (C=N–C) groups is 1. The molecule has 2 aromatic rings. The monoisotopic (exact) mass is 385 g/mol. The molecule has 0 unspecified atom stereocenters. The van der Waals surface area contributed by atoms with Crippen LogP contribution in [0.25, 0.3) is 0 Å². The van der Waals surface area contributed by atoms with Crippen LogP contribution in [0.5, 0.6) is 5.88 Å². The zero-order valence-corrected chi connectivity index (χ0v) is 16.4.